The third-order valence-corrected chi connectivity index (χ3v) is 3.35. The molecule has 0 spiro atoms. The van der Waals surface area contributed by atoms with Crippen LogP contribution in [0.2, 0.25) is 5.02 Å². The molecule has 88 valence electrons. The van der Waals surface area contributed by atoms with Gasteiger partial charge in [0, 0.05) is 0 Å². The van der Waals surface area contributed by atoms with E-state index in [0.29, 0.717) is 17.5 Å². The van der Waals surface area contributed by atoms with E-state index in [0.717, 1.165) is 18.3 Å². The maximum absolute atomic E-state index is 6.17. The van der Waals surface area contributed by atoms with Crippen LogP contribution in [0.25, 0.3) is 0 Å². The highest BCUT2D eigenvalue weighted by Crippen LogP contribution is 2.32. The zero-order valence-electron chi connectivity index (χ0n) is 9.58. The first-order valence-corrected chi connectivity index (χ1v) is 6.21. The van der Waals surface area contributed by atoms with E-state index >= 15 is 0 Å². The number of ether oxygens (including phenoxy) is 1. The molecule has 1 aromatic carbocycles. The van der Waals surface area contributed by atoms with Crippen LogP contribution in [0, 0.1) is 5.92 Å². The highest BCUT2D eigenvalue weighted by Gasteiger charge is 2.22. The van der Waals surface area contributed by atoms with Crippen LogP contribution in [0.4, 0.5) is 0 Å². The van der Waals surface area contributed by atoms with Crippen molar-refractivity contribution in [2.75, 3.05) is 13.2 Å². The molecule has 0 bridgehead atoms. The van der Waals surface area contributed by atoms with Gasteiger partial charge in [-0.1, -0.05) is 24.6 Å². The first kappa shape index (κ1) is 11.7. The fraction of sp³-hybridized carbons (Fsp3) is 0.538. The quantitative estimate of drug-likeness (QED) is 0.857. The van der Waals surface area contributed by atoms with Crippen molar-refractivity contribution in [2.45, 2.75) is 25.7 Å². The average Bonchev–Trinajstić information content (AvgIpc) is 3.10. The molecule has 1 fully saturated rings. The lowest BCUT2D eigenvalue weighted by Crippen LogP contribution is -2.09. The van der Waals surface area contributed by atoms with Gasteiger partial charge in [0.05, 0.1) is 11.6 Å². The summed E-state index contributed by atoms with van der Waals surface area (Å²) in [6.45, 7) is 3.53. The Morgan fingerprint density at radius 3 is 2.81 bits per heavy atom. The van der Waals surface area contributed by atoms with Crippen LogP contribution in [0.15, 0.2) is 18.2 Å². The lowest BCUT2D eigenvalue weighted by atomic mass is 10.0. The standard InChI is InChI=1S/C13H18ClNO/c1-9(7-15)11-4-5-13(12(14)6-11)16-8-10-2-3-10/h4-6,9-10H,2-3,7-8,15H2,1H3. The van der Waals surface area contributed by atoms with Crippen LogP contribution in [0.1, 0.15) is 31.2 Å². The van der Waals surface area contributed by atoms with Gasteiger partial charge in [-0.05, 0) is 48.9 Å². The van der Waals surface area contributed by atoms with Crippen LogP contribution < -0.4 is 10.5 Å². The number of rotatable bonds is 5. The second-order valence-corrected chi connectivity index (χ2v) is 4.99. The van der Waals surface area contributed by atoms with Gasteiger partial charge in [0.25, 0.3) is 0 Å². The first-order valence-electron chi connectivity index (χ1n) is 5.83. The number of nitrogens with two attached hydrogens (primary N) is 1. The molecule has 0 heterocycles. The van der Waals surface area contributed by atoms with Crippen molar-refractivity contribution >= 4 is 11.6 Å². The molecule has 0 radical (unpaired) electrons. The Hall–Kier alpha value is -0.730. The molecule has 0 amide bonds. The van der Waals surface area contributed by atoms with Gasteiger partial charge >= 0.3 is 0 Å². The Kier molecular flexibility index (Phi) is 3.72. The number of hydrogen-bond donors (Lipinski definition) is 1. The highest BCUT2D eigenvalue weighted by atomic mass is 35.5. The van der Waals surface area contributed by atoms with Crippen LogP contribution in [0.3, 0.4) is 0 Å². The van der Waals surface area contributed by atoms with Crippen LogP contribution >= 0.6 is 11.6 Å². The monoisotopic (exact) mass is 239 g/mol. The van der Waals surface area contributed by atoms with Crippen molar-refractivity contribution in [2.24, 2.45) is 11.7 Å². The summed E-state index contributed by atoms with van der Waals surface area (Å²) in [4.78, 5) is 0. The molecule has 1 unspecified atom stereocenters. The van der Waals surface area contributed by atoms with E-state index in [2.05, 4.69) is 6.92 Å². The summed E-state index contributed by atoms with van der Waals surface area (Å²) in [6, 6.07) is 5.96. The predicted octanol–water partition coefficient (Wildman–Crippen LogP) is 3.19. The maximum Gasteiger partial charge on any atom is 0.137 e. The lowest BCUT2D eigenvalue weighted by Gasteiger charge is -2.12. The van der Waals surface area contributed by atoms with Crippen molar-refractivity contribution < 1.29 is 4.74 Å². The van der Waals surface area contributed by atoms with Crippen molar-refractivity contribution in [1.29, 1.82) is 0 Å². The van der Waals surface area contributed by atoms with Crippen LogP contribution in [-0.4, -0.2) is 13.2 Å². The second-order valence-electron chi connectivity index (χ2n) is 4.58. The molecular weight excluding hydrogens is 222 g/mol. The van der Waals surface area contributed by atoms with Crippen LogP contribution in [-0.2, 0) is 0 Å². The Labute approximate surface area is 102 Å². The van der Waals surface area contributed by atoms with E-state index < -0.39 is 0 Å². The average molecular weight is 240 g/mol. The molecule has 2 nitrogen and oxygen atoms in total. The van der Waals surface area contributed by atoms with E-state index in [9.17, 15) is 0 Å². The van der Waals surface area contributed by atoms with Gasteiger partial charge < -0.3 is 10.5 Å². The van der Waals surface area contributed by atoms with Gasteiger partial charge in [-0.25, -0.2) is 0 Å². The van der Waals surface area contributed by atoms with Gasteiger partial charge in [-0.15, -0.1) is 0 Å². The van der Waals surface area contributed by atoms with E-state index in [1.165, 1.54) is 18.4 Å². The number of benzene rings is 1. The highest BCUT2D eigenvalue weighted by molar-refractivity contribution is 6.32. The molecule has 1 aliphatic rings. The first-order chi connectivity index (χ1) is 7.70. The minimum atomic E-state index is 0.343. The van der Waals surface area contributed by atoms with Gasteiger partial charge in [-0.2, -0.15) is 0 Å². The predicted molar refractivity (Wildman–Crippen MR) is 67.1 cm³/mol. The maximum atomic E-state index is 6.17. The third kappa shape index (κ3) is 2.89. The van der Waals surface area contributed by atoms with Crippen molar-refractivity contribution in [1.82, 2.24) is 0 Å². The SMILES string of the molecule is CC(CN)c1ccc(OCC2CC2)c(Cl)c1. The van der Waals surface area contributed by atoms with E-state index in [1.807, 2.05) is 18.2 Å². The zero-order chi connectivity index (χ0) is 11.5. The Balaban J connectivity index is 2.02. The summed E-state index contributed by atoms with van der Waals surface area (Å²) in [5.41, 5.74) is 6.80. The smallest absolute Gasteiger partial charge is 0.137 e. The molecule has 1 aliphatic carbocycles. The molecule has 2 rings (SSSR count). The third-order valence-electron chi connectivity index (χ3n) is 3.05. The van der Waals surface area contributed by atoms with Gasteiger partial charge in [0.1, 0.15) is 5.75 Å². The summed E-state index contributed by atoms with van der Waals surface area (Å²) >= 11 is 6.17. The Bertz CT molecular complexity index is 363. The van der Waals surface area contributed by atoms with Gasteiger partial charge in [0.15, 0.2) is 0 Å². The molecule has 2 N–H and O–H groups in total. The molecule has 1 aromatic rings. The molecule has 0 aliphatic heterocycles. The van der Waals surface area contributed by atoms with E-state index in [4.69, 9.17) is 22.1 Å². The molecular formula is C13H18ClNO. The topological polar surface area (TPSA) is 35.2 Å². The van der Waals surface area contributed by atoms with E-state index in [1.54, 1.807) is 0 Å². The molecule has 0 aromatic heterocycles. The van der Waals surface area contributed by atoms with Crippen molar-refractivity contribution in [3.05, 3.63) is 28.8 Å². The van der Waals surface area contributed by atoms with Crippen molar-refractivity contribution in [3.63, 3.8) is 0 Å². The molecule has 16 heavy (non-hydrogen) atoms. The zero-order valence-corrected chi connectivity index (χ0v) is 10.3. The molecule has 3 heteroatoms. The lowest BCUT2D eigenvalue weighted by molar-refractivity contribution is 0.300. The van der Waals surface area contributed by atoms with Crippen molar-refractivity contribution in [3.8, 4) is 5.75 Å². The number of hydrogen-bond acceptors (Lipinski definition) is 2. The summed E-state index contributed by atoms with van der Waals surface area (Å²) in [7, 11) is 0. The fourth-order valence-corrected chi connectivity index (χ4v) is 1.81. The Morgan fingerprint density at radius 2 is 2.25 bits per heavy atom. The summed E-state index contributed by atoms with van der Waals surface area (Å²) in [6.07, 6.45) is 2.58. The van der Waals surface area contributed by atoms with Gasteiger partial charge in [-0.3, -0.25) is 0 Å². The minimum Gasteiger partial charge on any atom is -0.492 e. The summed E-state index contributed by atoms with van der Waals surface area (Å²) in [5.74, 6) is 1.88. The fourth-order valence-electron chi connectivity index (χ4n) is 1.57. The van der Waals surface area contributed by atoms with Crippen LogP contribution in [0.5, 0.6) is 5.75 Å². The molecule has 1 atom stereocenters. The summed E-state index contributed by atoms with van der Waals surface area (Å²) < 4.78 is 5.67. The minimum absolute atomic E-state index is 0.343. The normalized spacial score (nSPS) is 17.2. The number of halogens is 1. The largest absolute Gasteiger partial charge is 0.492 e. The Morgan fingerprint density at radius 1 is 1.50 bits per heavy atom. The van der Waals surface area contributed by atoms with Gasteiger partial charge in [0.2, 0.25) is 0 Å². The molecule has 0 saturated heterocycles. The van der Waals surface area contributed by atoms with E-state index in [-0.39, 0.29) is 0 Å². The summed E-state index contributed by atoms with van der Waals surface area (Å²) in [5, 5.41) is 0.693. The second kappa shape index (κ2) is 5.07. The molecule has 1 saturated carbocycles.